The quantitative estimate of drug-likeness (QED) is 0.676. The summed E-state index contributed by atoms with van der Waals surface area (Å²) in [5, 5.41) is 4.22. The first-order chi connectivity index (χ1) is 9.19. The van der Waals surface area contributed by atoms with E-state index in [2.05, 4.69) is 33.4 Å². The van der Waals surface area contributed by atoms with E-state index in [1.165, 1.54) is 5.56 Å². The number of nitrogens with one attached hydrogen (secondary N) is 1. The molecule has 0 amide bonds. The maximum Gasteiger partial charge on any atom is 0.127 e. The number of halogens is 1. The van der Waals surface area contributed by atoms with Gasteiger partial charge in [0.1, 0.15) is 5.75 Å². The van der Waals surface area contributed by atoms with Crippen LogP contribution in [0.4, 0.5) is 5.69 Å². The van der Waals surface area contributed by atoms with Crippen LogP contribution in [0, 0.1) is 6.92 Å². The summed E-state index contributed by atoms with van der Waals surface area (Å²) >= 11 is 3.43. The number of aryl methyl sites for hydroxylation is 1. The molecule has 0 aromatic heterocycles. The van der Waals surface area contributed by atoms with E-state index in [9.17, 15) is 0 Å². The standard InChI is InChI=1S/C15H15BrN2O/c1-11-3-6-14(7-4-11)18-17-10-12-9-13(16)5-8-15(12)19-2/h3-10,18H,1-2H3/b17-10-. The highest BCUT2D eigenvalue weighted by atomic mass is 79.9. The molecule has 0 spiro atoms. The fraction of sp³-hybridized carbons (Fsp3) is 0.133. The fourth-order valence-corrected chi connectivity index (χ4v) is 1.99. The third-order valence-electron chi connectivity index (χ3n) is 2.64. The molecule has 0 aliphatic heterocycles. The zero-order valence-electron chi connectivity index (χ0n) is 10.9. The van der Waals surface area contributed by atoms with Crippen molar-refractivity contribution in [2.45, 2.75) is 6.92 Å². The smallest absolute Gasteiger partial charge is 0.127 e. The molecule has 0 atom stereocenters. The van der Waals surface area contributed by atoms with Crippen LogP contribution in [-0.4, -0.2) is 13.3 Å². The largest absolute Gasteiger partial charge is 0.496 e. The van der Waals surface area contributed by atoms with Crippen LogP contribution in [0.2, 0.25) is 0 Å². The lowest BCUT2D eigenvalue weighted by molar-refractivity contribution is 0.414. The van der Waals surface area contributed by atoms with Crippen LogP contribution in [0.25, 0.3) is 0 Å². The van der Waals surface area contributed by atoms with Gasteiger partial charge >= 0.3 is 0 Å². The van der Waals surface area contributed by atoms with Crippen molar-refractivity contribution in [1.82, 2.24) is 0 Å². The molecule has 0 saturated carbocycles. The normalized spacial score (nSPS) is 10.7. The lowest BCUT2D eigenvalue weighted by atomic mass is 10.2. The van der Waals surface area contributed by atoms with Crippen LogP contribution in [-0.2, 0) is 0 Å². The lowest BCUT2D eigenvalue weighted by Crippen LogP contribution is -1.94. The molecule has 0 fully saturated rings. The van der Waals surface area contributed by atoms with Crippen LogP contribution < -0.4 is 10.2 Å². The monoisotopic (exact) mass is 318 g/mol. The summed E-state index contributed by atoms with van der Waals surface area (Å²) in [6.07, 6.45) is 1.74. The molecule has 3 nitrogen and oxygen atoms in total. The van der Waals surface area contributed by atoms with Gasteiger partial charge in [-0.3, -0.25) is 5.43 Å². The number of hydrogen-bond donors (Lipinski definition) is 1. The van der Waals surface area contributed by atoms with Crippen molar-refractivity contribution in [3.05, 3.63) is 58.1 Å². The molecular formula is C15H15BrN2O. The van der Waals surface area contributed by atoms with Crippen molar-refractivity contribution in [2.24, 2.45) is 5.10 Å². The maximum atomic E-state index is 5.28. The highest BCUT2D eigenvalue weighted by molar-refractivity contribution is 9.10. The van der Waals surface area contributed by atoms with Crippen molar-refractivity contribution in [1.29, 1.82) is 0 Å². The van der Waals surface area contributed by atoms with Crippen LogP contribution >= 0.6 is 15.9 Å². The third-order valence-corrected chi connectivity index (χ3v) is 3.13. The molecule has 2 aromatic rings. The van der Waals surface area contributed by atoms with E-state index in [0.717, 1.165) is 21.5 Å². The molecule has 0 saturated heterocycles. The van der Waals surface area contributed by atoms with Gasteiger partial charge in [0.15, 0.2) is 0 Å². The van der Waals surface area contributed by atoms with Gasteiger partial charge in [0.05, 0.1) is 19.0 Å². The summed E-state index contributed by atoms with van der Waals surface area (Å²) in [5.74, 6) is 0.789. The molecule has 0 aliphatic rings. The van der Waals surface area contributed by atoms with E-state index in [4.69, 9.17) is 4.74 Å². The Bertz CT molecular complexity index is 579. The maximum absolute atomic E-state index is 5.28. The highest BCUT2D eigenvalue weighted by Crippen LogP contribution is 2.21. The Labute approximate surface area is 121 Å². The Kier molecular flexibility index (Phi) is 4.58. The minimum Gasteiger partial charge on any atom is -0.496 e. The van der Waals surface area contributed by atoms with Crippen molar-refractivity contribution >= 4 is 27.8 Å². The summed E-state index contributed by atoms with van der Waals surface area (Å²) in [4.78, 5) is 0. The van der Waals surface area contributed by atoms with Gasteiger partial charge < -0.3 is 4.74 Å². The third kappa shape index (κ3) is 3.83. The molecule has 0 heterocycles. The second kappa shape index (κ2) is 6.38. The van der Waals surface area contributed by atoms with Gasteiger partial charge in [-0.05, 0) is 37.3 Å². The second-order valence-electron chi connectivity index (χ2n) is 4.12. The van der Waals surface area contributed by atoms with Crippen LogP contribution in [0.1, 0.15) is 11.1 Å². The summed E-state index contributed by atoms with van der Waals surface area (Å²) < 4.78 is 6.27. The lowest BCUT2D eigenvalue weighted by Gasteiger charge is -2.05. The number of nitrogens with zero attached hydrogens (tertiary/aromatic N) is 1. The first-order valence-corrected chi connectivity index (χ1v) is 6.67. The number of hydrazone groups is 1. The molecule has 2 aromatic carbocycles. The molecule has 1 N–H and O–H groups in total. The Hall–Kier alpha value is -1.81. The fourth-order valence-electron chi connectivity index (χ4n) is 1.61. The van der Waals surface area contributed by atoms with Crippen molar-refractivity contribution < 1.29 is 4.74 Å². The zero-order valence-corrected chi connectivity index (χ0v) is 12.4. The summed E-state index contributed by atoms with van der Waals surface area (Å²) in [6, 6.07) is 13.9. The zero-order chi connectivity index (χ0) is 13.7. The Morgan fingerprint density at radius 3 is 2.58 bits per heavy atom. The van der Waals surface area contributed by atoms with E-state index in [0.29, 0.717) is 0 Å². The summed E-state index contributed by atoms with van der Waals surface area (Å²) in [7, 11) is 1.65. The molecule has 0 bridgehead atoms. The first kappa shape index (κ1) is 13.6. The Morgan fingerprint density at radius 1 is 1.16 bits per heavy atom. The number of ether oxygens (including phenoxy) is 1. The van der Waals surface area contributed by atoms with E-state index < -0.39 is 0 Å². The molecule has 0 radical (unpaired) electrons. The van der Waals surface area contributed by atoms with Crippen molar-refractivity contribution in [2.75, 3.05) is 12.5 Å². The second-order valence-corrected chi connectivity index (χ2v) is 5.04. The van der Waals surface area contributed by atoms with Gasteiger partial charge in [0, 0.05) is 10.0 Å². The van der Waals surface area contributed by atoms with E-state index >= 15 is 0 Å². The topological polar surface area (TPSA) is 33.6 Å². The predicted molar refractivity (Wildman–Crippen MR) is 83.1 cm³/mol. The molecule has 0 unspecified atom stereocenters. The van der Waals surface area contributed by atoms with E-state index in [-0.39, 0.29) is 0 Å². The molecular weight excluding hydrogens is 304 g/mol. The van der Waals surface area contributed by atoms with E-state index in [1.54, 1.807) is 13.3 Å². The van der Waals surface area contributed by atoms with Gasteiger partial charge in [-0.15, -0.1) is 0 Å². The van der Waals surface area contributed by atoms with Gasteiger partial charge in [0.2, 0.25) is 0 Å². The molecule has 0 aliphatic carbocycles. The average molecular weight is 319 g/mol. The number of hydrogen-bond acceptors (Lipinski definition) is 3. The summed E-state index contributed by atoms with van der Waals surface area (Å²) in [6.45, 7) is 2.05. The minimum absolute atomic E-state index is 0.789. The SMILES string of the molecule is COc1ccc(Br)cc1/C=N\Nc1ccc(C)cc1. The molecule has 19 heavy (non-hydrogen) atoms. The van der Waals surface area contributed by atoms with E-state index in [1.807, 2.05) is 42.5 Å². The number of methoxy groups -OCH3 is 1. The van der Waals surface area contributed by atoms with Crippen LogP contribution in [0.15, 0.2) is 52.0 Å². The molecule has 4 heteroatoms. The molecule has 98 valence electrons. The van der Waals surface area contributed by atoms with Gasteiger partial charge in [-0.2, -0.15) is 5.10 Å². The number of anilines is 1. The Balaban J connectivity index is 2.10. The minimum atomic E-state index is 0.789. The van der Waals surface area contributed by atoms with Crippen LogP contribution in [0.3, 0.4) is 0 Å². The average Bonchev–Trinajstić information content (AvgIpc) is 2.41. The van der Waals surface area contributed by atoms with Gasteiger partial charge in [-0.25, -0.2) is 0 Å². The summed E-state index contributed by atoms with van der Waals surface area (Å²) in [5.41, 5.74) is 6.08. The van der Waals surface area contributed by atoms with Gasteiger partial charge in [-0.1, -0.05) is 33.6 Å². The van der Waals surface area contributed by atoms with Crippen molar-refractivity contribution in [3.63, 3.8) is 0 Å². The van der Waals surface area contributed by atoms with Gasteiger partial charge in [0.25, 0.3) is 0 Å². The first-order valence-electron chi connectivity index (χ1n) is 5.88. The molecule has 2 rings (SSSR count). The highest BCUT2D eigenvalue weighted by Gasteiger charge is 2.00. The van der Waals surface area contributed by atoms with Crippen LogP contribution in [0.5, 0.6) is 5.75 Å². The number of benzene rings is 2. The van der Waals surface area contributed by atoms with Crippen molar-refractivity contribution in [3.8, 4) is 5.75 Å². The predicted octanol–water partition coefficient (Wildman–Crippen LogP) is 4.21. The Morgan fingerprint density at radius 2 is 1.89 bits per heavy atom. The number of rotatable bonds is 4.